The van der Waals surface area contributed by atoms with Gasteiger partial charge in [0, 0.05) is 0 Å². The Morgan fingerprint density at radius 2 is 2.07 bits per heavy atom. The van der Waals surface area contributed by atoms with E-state index in [1.165, 1.54) is 19.5 Å². The van der Waals surface area contributed by atoms with Crippen molar-refractivity contribution < 1.29 is 14.3 Å². The van der Waals surface area contributed by atoms with Crippen LogP contribution in [0.4, 0.5) is 0 Å². The molecule has 76 valence electrons. The van der Waals surface area contributed by atoms with Gasteiger partial charge in [-0.15, -0.1) is 0 Å². The Kier molecular flexibility index (Phi) is 3.64. The minimum absolute atomic E-state index is 0.128. The third kappa shape index (κ3) is 2.85. The van der Waals surface area contributed by atoms with Crippen molar-refractivity contribution in [3.8, 4) is 5.75 Å². The molecular weight excluding hydrogens is 208 g/mol. The molecule has 0 spiro atoms. The molecule has 0 aliphatic heterocycles. The zero-order valence-corrected chi connectivity index (χ0v) is 8.49. The fraction of sp³-hybridized carbons (Fsp3) is 0.375. The molecule has 0 aliphatic rings. The molecule has 0 saturated carbocycles. The maximum absolute atomic E-state index is 11.0. The molecule has 0 fully saturated rings. The topological polar surface area (TPSA) is 61.3 Å². The molecule has 6 heteroatoms. The van der Waals surface area contributed by atoms with Crippen LogP contribution in [0.25, 0.3) is 0 Å². The molecule has 1 atom stereocenters. The van der Waals surface area contributed by atoms with E-state index in [1.807, 2.05) is 0 Å². The maximum Gasteiger partial charge on any atom is 0.346 e. The van der Waals surface area contributed by atoms with Crippen LogP contribution >= 0.6 is 11.6 Å². The van der Waals surface area contributed by atoms with Gasteiger partial charge in [-0.1, -0.05) is 0 Å². The molecule has 1 heterocycles. The molecule has 0 N–H and O–H groups in total. The largest absolute Gasteiger partial charge is 0.476 e. The van der Waals surface area contributed by atoms with Crippen molar-refractivity contribution in [2.24, 2.45) is 0 Å². The van der Waals surface area contributed by atoms with Gasteiger partial charge in [0.15, 0.2) is 11.9 Å². The lowest BCUT2D eigenvalue weighted by molar-refractivity contribution is -0.147. The number of ether oxygens (including phenoxy) is 2. The van der Waals surface area contributed by atoms with Gasteiger partial charge < -0.3 is 9.47 Å². The normalized spacial score (nSPS) is 11.9. The molecule has 0 amide bonds. The van der Waals surface area contributed by atoms with Crippen LogP contribution in [0.15, 0.2) is 12.4 Å². The van der Waals surface area contributed by atoms with Crippen LogP contribution in [0.1, 0.15) is 6.92 Å². The fourth-order valence-corrected chi connectivity index (χ4v) is 0.877. The first-order valence-electron chi connectivity index (χ1n) is 3.85. The van der Waals surface area contributed by atoms with Gasteiger partial charge in [0.1, 0.15) is 0 Å². The summed E-state index contributed by atoms with van der Waals surface area (Å²) in [6.07, 6.45) is 2.08. The van der Waals surface area contributed by atoms with E-state index in [-0.39, 0.29) is 5.28 Å². The summed E-state index contributed by atoms with van der Waals surface area (Å²) in [4.78, 5) is 18.4. The second-order valence-electron chi connectivity index (χ2n) is 2.47. The Bertz CT molecular complexity index is 315. The van der Waals surface area contributed by atoms with E-state index < -0.39 is 12.1 Å². The molecular formula is C8H9ClN2O3. The van der Waals surface area contributed by atoms with Crippen molar-refractivity contribution in [3.05, 3.63) is 17.7 Å². The monoisotopic (exact) mass is 216 g/mol. The lowest BCUT2D eigenvalue weighted by atomic mass is 10.4. The summed E-state index contributed by atoms with van der Waals surface area (Å²) in [6, 6.07) is 0. The average molecular weight is 217 g/mol. The van der Waals surface area contributed by atoms with E-state index in [2.05, 4.69) is 14.7 Å². The third-order valence-electron chi connectivity index (χ3n) is 1.44. The quantitative estimate of drug-likeness (QED) is 0.559. The van der Waals surface area contributed by atoms with Gasteiger partial charge in [0.25, 0.3) is 0 Å². The van der Waals surface area contributed by atoms with Gasteiger partial charge in [-0.3, -0.25) is 0 Å². The van der Waals surface area contributed by atoms with Crippen LogP contribution in [0.5, 0.6) is 5.75 Å². The molecule has 0 bridgehead atoms. The summed E-state index contributed by atoms with van der Waals surface area (Å²) in [5.74, 6) is -0.0905. The number of hydrogen-bond acceptors (Lipinski definition) is 5. The lowest BCUT2D eigenvalue weighted by Gasteiger charge is -2.10. The number of nitrogens with zero attached hydrogens (tertiary/aromatic N) is 2. The van der Waals surface area contributed by atoms with Crippen molar-refractivity contribution in [2.75, 3.05) is 7.11 Å². The van der Waals surface area contributed by atoms with Crippen molar-refractivity contribution >= 4 is 17.6 Å². The van der Waals surface area contributed by atoms with Crippen molar-refractivity contribution in [3.63, 3.8) is 0 Å². The number of esters is 1. The highest BCUT2D eigenvalue weighted by Crippen LogP contribution is 2.10. The van der Waals surface area contributed by atoms with Crippen molar-refractivity contribution in [1.29, 1.82) is 0 Å². The van der Waals surface area contributed by atoms with Gasteiger partial charge in [-0.05, 0) is 18.5 Å². The number of halogens is 1. The van der Waals surface area contributed by atoms with Gasteiger partial charge in [0.05, 0.1) is 19.5 Å². The van der Waals surface area contributed by atoms with Crippen molar-refractivity contribution in [1.82, 2.24) is 9.97 Å². The van der Waals surface area contributed by atoms with Crippen LogP contribution in [0, 0.1) is 0 Å². The highest BCUT2D eigenvalue weighted by Gasteiger charge is 2.14. The maximum atomic E-state index is 11.0. The summed E-state index contributed by atoms with van der Waals surface area (Å²) < 4.78 is 9.64. The smallest absolute Gasteiger partial charge is 0.346 e. The molecule has 14 heavy (non-hydrogen) atoms. The summed E-state index contributed by atoms with van der Waals surface area (Å²) in [6.45, 7) is 1.57. The first-order valence-corrected chi connectivity index (χ1v) is 4.23. The van der Waals surface area contributed by atoms with E-state index in [9.17, 15) is 4.79 Å². The predicted molar refractivity (Wildman–Crippen MR) is 49.1 cm³/mol. The minimum atomic E-state index is -0.690. The summed E-state index contributed by atoms with van der Waals surface area (Å²) in [7, 11) is 1.29. The second kappa shape index (κ2) is 4.76. The average Bonchev–Trinajstić information content (AvgIpc) is 2.20. The van der Waals surface area contributed by atoms with Crippen LogP contribution < -0.4 is 4.74 Å². The summed E-state index contributed by atoms with van der Waals surface area (Å²) in [5, 5.41) is 0.128. The predicted octanol–water partition coefficient (Wildman–Crippen LogP) is 1.07. The Morgan fingerprint density at radius 3 is 2.57 bits per heavy atom. The molecule has 1 rings (SSSR count). The Balaban J connectivity index is 2.60. The highest BCUT2D eigenvalue weighted by molar-refractivity contribution is 6.28. The van der Waals surface area contributed by atoms with Gasteiger partial charge >= 0.3 is 5.97 Å². The summed E-state index contributed by atoms with van der Waals surface area (Å²) in [5.41, 5.74) is 0. The second-order valence-corrected chi connectivity index (χ2v) is 2.81. The Labute approximate surface area is 86.0 Å². The molecule has 5 nitrogen and oxygen atoms in total. The van der Waals surface area contributed by atoms with Gasteiger partial charge in [0.2, 0.25) is 5.28 Å². The first kappa shape index (κ1) is 10.7. The zero-order valence-electron chi connectivity index (χ0n) is 7.73. The number of hydrogen-bond donors (Lipinski definition) is 0. The number of rotatable bonds is 3. The van der Waals surface area contributed by atoms with E-state index in [4.69, 9.17) is 16.3 Å². The van der Waals surface area contributed by atoms with E-state index >= 15 is 0 Å². The SMILES string of the molecule is COC(=O)C(C)Oc1cnc(Cl)nc1. The fourth-order valence-electron chi connectivity index (χ4n) is 0.779. The molecule has 0 saturated heterocycles. The van der Waals surface area contributed by atoms with E-state index in [0.717, 1.165) is 0 Å². The number of aromatic nitrogens is 2. The van der Waals surface area contributed by atoms with Crippen LogP contribution in [0.2, 0.25) is 5.28 Å². The number of carbonyl (C=O) groups is 1. The zero-order chi connectivity index (χ0) is 10.6. The van der Waals surface area contributed by atoms with Crippen LogP contribution in [-0.4, -0.2) is 29.2 Å². The first-order chi connectivity index (χ1) is 6.63. The van der Waals surface area contributed by atoms with E-state index in [1.54, 1.807) is 6.92 Å². The number of methoxy groups -OCH3 is 1. The molecule has 0 aliphatic carbocycles. The minimum Gasteiger partial charge on any atom is -0.476 e. The molecule has 1 aromatic rings. The van der Waals surface area contributed by atoms with Crippen molar-refractivity contribution in [2.45, 2.75) is 13.0 Å². The van der Waals surface area contributed by atoms with E-state index in [0.29, 0.717) is 5.75 Å². The Morgan fingerprint density at radius 1 is 1.50 bits per heavy atom. The Hall–Kier alpha value is -1.36. The standard InChI is InChI=1S/C8H9ClN2O3/c1-5(7(12)13-2)14-6-3-10-8(9)11-4-6/h3-5H,1-2H3. The molecule has 0 aromatic carbocycles. The summed E-state index contributed by atoms with van der Waals surface area (Å²) >= 11 is 5.47. The van der Waals surface area contributed by atoms with Crippen LogP contribution in [-0.2, 0) is 9.53 Å². The molecule has 1 aromatic heterocycles. The molecule has 0 radical (unpaired) electrons. The number of carbonyl (C=O) groups excluding carboxylic acids is 1. The highest BCUT2D eigenvalue weighted by atomic mass is 35.5. The van der Waals surface area contributed by atoms with Gasteiger partial charge in [-0.2, -0.15) is 0 Å². The third-order valence-corrected chi connectivity index (χ3v) is 1.64. The lowest BCUT2D eigenvalue weighted by Crippen LogP contribution is -2.24. The molecule has 1 unspecified atom stereocenters. The van der Waals surface area contributed by atoms with Crippen LogP contribution in [0.3, 0.4) is 0 Å². The van der Waals surface area contributed by atoms with Gasteiger partial charge in [-0.25, -0.2) is 14.8 Å².